The van der Waals surface area contributed by atoms with E-state index in [0.717, 1.165) is 11.3 Å². The Bertz CT molecular complexity index is 687. The minimum absolute atomic E-state index is 0.102. The summed E-state index contributed by atoms with van der Waals surface area (Å²) >= 11 is 0.753. The van der Waals surface area contributed by atoms with Gasteiger partial charge in [0.1, 0.15) is 5.01 Å². The predicted molar refractivity (Wildman–Crippen MR) is 66.2 cm³/mol. The summed E-state index contributed by atoms with van der Waals surface area (Å²) in [4.78, 5) is 3.73. The molecule has 10 heteroatoms. The van der Waals surface area contributed by atoms with Crippen molar-refractivity contribution in [1.29, 1.82) is 0 Å². The van der Waals surface area contributed by atoms with E-state index in [-0.39, 0.29) is 11.1 Å². The van der Waals surface area contributed by atoms with E-state index in [2.05, 4.69) is 4.98 Å². The fourth-order valence-corrected chi connectivity index (χ4v) is 2.40. The molecule has 0 spiro atoms. The summed E-state index contributed by atoms with van der Waals surface area (Å²) in [6.07, 6.45) is -6.41. The zero-order valence-corrected chi connectivity index (χ0v) is 11.2. The molecule has 1 heterocycles. The van der Waals surface area contributed by atoms with Crippen LogP contribution in [0, 0.1) is 0 Å². The van der Waals surface area contributed by atoms with Gasteiger partial charge >= 0.3 is 18.0 Å². The van der Waals surface area contributed by atoms with Crippen molar-refractivity contribution in [3.8, 4) is 0 Å². The normalized spacial score (nSPS) is 14.6. The van der Waals surface area contributed by atoms with Crippen LogP contribution in [0.1, 0.15) is 5.01 Å². The first-order valence-corrected chi connectivity index (χ1v) is 6.37. The Kier molecular flexibility index (Phi) is 3.84. The van der Waals surface area contributed by atoms with Crippen molar-refractivity contribution in [2.45, 2.75) is 18.0 Å². The highest BCUT2D eigenvalue weighted by Crippen LogP contribution is 2.49. The summed E-state index contributed by atoms with van der Waals surface area (Å²) < 4.78 is 88.5. The van der Waals surface area contributed by atoms with Crippen LogP contribution in [0.2, 0.25) is 0 Å². The van der Waals surface area contributed by atoms with Gasteiger partial charge in [-0.3, -0.25) is 0 Å². The van der Waals surface area contributed by atoms with E-state index in [1.54, 1.807) is 18.2 Å². The Hall–Kier alpha value is -1.84. The number of nitrogens with zero attached hydrogens (tertiary/aromatic N) is 1. The number of rotatable bonds is 3. The van der Waals surface area contributed by atoms with Crippen LogP contribution >= 0.6 is 11.3 Å². The SMILES string of the molecule is O/C(=C/c1nc2ccccc2s1)C(F)(F)C(F)(F)C(F)(F)F. The largest absolute Gasteiger partial charge is 0.506 e. The molecule has 2 aromatic rings. The molecule has 0 aliphatic carbocycles. The molecule has 1 aromatic carbocycles. The zero-order chi connectivity index (χ0) is 16.8. The molecule has 120 valence electrons. The molecule has 0 bridgehead atoms. The first kappa shape index (κ1) is 16.5. The monoisotopic (exact) mass is 345 g/mol. The standard InChI is InChI=1S/C12H6F7NOS/c13-10(14,11(15,16)12(17,18)19)8(21)5-9-20-6-3-1-2-4-7(6)22-9/h1-5,21H/b8-5+. The zero-order valence-electron chi connectivity index (χ0n) is 10.3. The number of allylic oxidation sites excluding steroid dienone is 1. The first-order valence-electron chi connectivity index (χ1n) is 5.56. The highest BCUT2D eigenvalue weighted by atomic mass is 32.1. The molecule has 0 saturated heterocycles. The molecule has 0 fully saturated rings. The molecule has 1 aromatic heterocycles. The molecular formula is C12H6F7NOS. The molecule has 0 aliphatic heterocycles. The molecule has 22 heavy (non-hydrogen) atoms. The highest BCUT2D eigenvalue weighted by Gasteiger charge is 2.74. The second-order valence-electron chi connectivity index (χ2n) is 4.20. The van der Waals surface area contributed by atoms with Gasteiger partial charge in [-0.25, -0.2) is 4.98 Å². The van der Waals surface area contributed by atoms with Crippen molar-refractivity contribution in [1.82, 2.24) is 4.98 Å². The molecule has 2 rings (SSSR count). The van der Waals surface area contributed by atoms with Crippen molar-refractivity contribution in [2.24, 2.45) is 0 Å². The first-order chi connectivity index (χ1) is 9.97. The number of thiazole rings is 1. The second kappa shape index (κ2) is 5.11. The lowest BCUT2D eigenvalue weighted by Gasteiger charge is -2.27. The van der Waals surface area contributed by atoms with Crippen molar-refractivity contribution < 1.29 is 35.8 Å². The van der Waals surface area contributed by atoms with Crippen LogP contribution < -0.4 is 0 Å². The summed E-state index contributed by atoms with van der Waals surface area (Å²) in [7, 11) is 0. The van der Waals surface area contributed by atoms with Crippen molar-refractivity contribution in [2.75, 3.05) is 0 Å². The minimum atomic E-state index is -6.51. The Morgan fingerprint density at radius 2 is 1.64 bits per heavy atom. The Morgan fingerprint density at radius 1 is 1.05 bits per heavy atom. The van der Waals surface area contributed by atoms with Gasteiger partial charge in [0.05, 0.1) is 10.2 Å². The van der Waals surface area contributed by atoms with E-state index in [1.807, 2.05) is 0 Å². The van der Waals surface area contributed by atoms with Crippen molar-refractivity contribution in [3.63, 3.8) is 0 Å². The van der Waals surface area contributed by atoms with Gasteiger partial charge in [-0.2, -0.15) is 30.7 Å². The summed E-state index contributed by atoms with van der Waals surface area (Å²) in [6, 6.07) is 6.20. The van der Waals surface area contributed by atoms with Crippen LogP contribution in [0.5, 0.6) is 0 Å². The van der Waals surface area contributed by atoms with Gasteiger partial charge in [0.15, 0.2) is 5.76 Å². The molecule has 1 N–H and O–H groups in total. The molecular weight excluding hydrogens is 339 g/mol. The Morgan fingerprint density at radius 3 is 2.18 bits per heavy atom. The van der Waals surface area contributed by atoms with Crippen LogP contribution in [0.4, 0.5) is 30.7 Å². The number of benzene rings is 1. The number of fused-ring (bicyclic) bond motifs is 1. The second-order valence-corrected chi connectivity index (χ2v) is 5.26. The van der Waals surface area contributed by atoms with Gasteiger partial charge in [0.2, 0.25) is 0 Å². The summed E-state index contributed by atoms with van der Waals surface area (Å²) in [5, 5.41) is 8.73. The third-order valence-corrected chi connectivity index (χ3v) is 3.63. The molecule has 0 saturated carbocycles. The summed E-state index contributed by atoms with van der Waals surface area (Å²) in [6.45, 7) is 0. The number of aromatic nitrogens is 1. The molecule has 0 radical (unpaired) electrons. The van der Waals surface area contributed by atoms with Crippen LogP contribution in [0.25, 0.3) is 16.3 Å². The van der Waals surface area contributed by atoms with E-state index < -0.39 is 23.8 Å². The third kappa shape index (κ3) is 2.62. The number of aliphatic hydroxyl groups is 1. The van der Waals surface area contributed by atoms with Crippen LogP contribution in [-0.2, 0) is 0 Å². The molecule has 0 unspecified atom stereocenters. The van der Waals surface area contributed by atoms with Gasteiger partial charge in [0.25, 0.3) is 0 Å². The van der Waals surface area contributed by atoms with E-state index in [0.29, 0.717) is 10.2 Å². The Labute approximate surface area is 122 Å². The molecule has 0 amide bonds. The number of aliphatic hydroxyl groups excluding tert-OH is 1. The van der Waals surface area contributed by atoms with E-state index >= 15 is 0 Å². The van der Waals surface area contributed by atoms with E-state index in [1.165, 1.54) is 6.07 Å². The minimum Gasteiger partial charge on any atom is -0.506 e. The smallest absolute Gasteiger partial charge is 0.460 e. The number of hydrogen-bond donors (Lipinski definition) is 1. The quantitative estimate of drug-likeness (QED) is 0.625. The van der Waals surface area contributed by atoms with Gasteiger partial charge in [-0.15, -0.1) is 11.3 Å². The van der Waals surface area contributed by atoms with Crippen LogP contribution in [0.15, 0.2) is 30.0 Å². The number of hydrogen-bond acceptors (Lipinski definition) is 3. The molecule has 0 atom stereocenters. The maximum Gasteiger partial charge on any atom is 0.460 e. The molecule has 0 aliphatic rings. The van der Waals surface area contributed by atoms with Gasteiger partial charge in [-0.05, 0) is 12.1 Å². The fraction of sp³-hybridized carbons (Fsp3) is 0.250. The lowest BCUT2D eigenvalue weighted by atomic mass is 10.1. The van der Waals surface area contributed by atoms with Crippen molar-refractivity contribution >= 4 is 27.6 Å². The maximum atomic E-state index is 13.2. The summed E-state index contributed by atoms with van der Waals surface area (Å²) in [5.74, 6) is -14.6. The fourth-order valence-electron chi connectivity index (χ4n) is 1.50. The van der Waals surface area contributed by atoms with Crippen LogP contribution in [0.3, 0.4) is 0 Å². The van der Waals surface area contributed by atoms with Crippen molar-refractivity contribution in [3.05, 3.63) is 35.0 Å². The maximum absolute atomic E-state index is 13.2. The van der Waals surface area contributed by atoms with Gasteiger partial charge < -0.3 is 5.11 Å². The average Bonchev–Trinajstić information content (AvgIpc) is 2.79. The van der Waals surface area contributed by atoms with E-state index in [4.69, 9.17) is 5.11 Å². The third-order valence-electron chi connectivity index (χ3n) is 2.64. The number of para-hydroxylation sites is 1. The number of halogens is 7. The highest BCUT2D eigenvalue weighted by molar-refractivity contribution is 7.19. The molecule has 2 nitrogen and oxygen atoms in total. The number of alkyl halides is 7. The average molecular weight is 345 g/mol. The predicted octanol–water partition coefficient (Wildman–Crippen LogP) is 5.03. The van der Waals surface area contributed by atoms with Gasteiger partial charge in [-0.1, -0.05) is 12.1 Å². The van der Waals surface area contributed by atoms with E-state index in [9.17, 15) is 30.7 Å². The summed E-state index contributed by atoms with van der Waals surface area (Å²) in [5.41, 5.74) is 0.331. The van der Waals surface area contributed by atoms with Gasteiger partial charge in [0, 0.05) is 6.08 Å². The Balaban J connectivity index is 2.42. The van der Waals surface area contributed by atoms with Crippen LogP contribution in [-0.4, -0.2) is 28.1 Å². The lowest BCUT2D eigenvalue weighted by molar-refractivity contribution is -0.349. The lowest BCUT2D eigenvalue weighted by Crippen LogP contribution is -2.52. The topological polar surface area (TPSA) is 33.1 Å².